The molecule has 4 aliphatic rings. The number of piperidine rings is 1. The Kier molecular flexibility index (Phi) is 6.38. The number of aromatic nitrogens is 2. The molecule has 2 saturated heterocycles. The number of esters is 1. The molecule has 9 nitrogen and oxygen atoms in total. The van der Waals surface area contributed by atoms with Crippen molar-refractivity contribution in [1.82, 2.24) is 14.5 Å². The SMILES string of the molecule is COC(=O)c1cc(F)c2nc(CN3CC4C(C3)C4c3cccc4c3OC(C)(c3ccc(C#N)cc3F)O4)n(C[C@@H]3CCO3)c2c1. The lowest BCUT2D eigenvalue weighted by Crippen LogP contribution is -2.33. The molecule has 3 unspecified atom stereocenters. The molecule has 3 aromatic carbocycles. The van der Waals surface area contributed by atoms with Crippen LogP contribution in [0.4, 0.5) is 8.78 Å². The van der Waals surface area contributed by atoms with E-state index in [0.29, 0.717) is 48.5 Å². The quantitative estimate of drug-likeness (QED) is 0.261. The van der Waals surface area contributed by atoms with Crippen molar-refractivity contribution in [3.63, 3.8) is 0 Å². The Balaban J connectivity index is 1.01. The van der Waals surface area contributed by atoms with E-state index >= 15 is 4.39 Å². The van der Waals surface area contributed by atoms with Crippen molar-refractivity contribution in [2.45, 2.75) is 44.2 Å². The molecule has 4 heterocycles. The average molecular weight is 613 g/mol. The maximum absolute atomic E-state index is 15.1. The predicted octanol–water partition coefficient (Wildman–Crippen LogP) is 5.25. The van der Waals surface area contributed by atoms with Gasteiger partial charge in [-0.25, -0.2) is 18.6 Å². The van der Waals surface area contributed by atoms with Gasteiger partial charge in [0.1, 0.15) is 17.2 Å². The van der Waals surface area contributed by atoms with Gasteiger partial charge in [-0.2, -0.15) is 5.26 Å². The van der Waals surface area contributed by atoms with Crippen LogP contribution in [-0.4, -0.2) is 53.3 Å². The molecule has 3 aliphatic heterocycles. The molecule has 0 radical (unpaired) electrons. The maximum Gasteiger partial charge on any atom is 0.338 e. The van der Waals surface area contributed by atoms with E-state index in [1.54, 1.807) is 19.1 Å². The number of carbonyl (C=O) groups excluding carboxylic acids is 1. The van der Waals surface area contributed by atoms with Gasteiger partial charge in [0, 0.05) is 32.2 Å². The van der Waals surface area contributed by atoms with E-state index < -0.39 is 23.4 Å². The number of benzene rings is 3. The number of carbonyl (C=O) groups is 1. The van der Waals surface area contributed by atoms with E-state index in [4.69, 9.17) is 29.2 Å². The number of para-hydroxylation sites is 1. The first-order valence-corrected chi connectivity index (χ1v) is 15.1. The molecule has 45 heavy (non-hydrogen) atoms. The standard InChI is InChI=1S/C34H30F2N4O5/c1-34(24-7-6-18(13-37)10-25(24)35)44-28-5-3-4-21(32(28)45-34)30-22-15-39(16-23(22)30)17-29-38-31-26(36)11-19(33(41)42-2)12-27(31)40(29)14-20-8-9-43-20/h3-7,10-12,20,22-23,30H,8-9,14-17H2,1-2H3/t20-,22?,23?,30?,34?/m0/s1. The number of likely N-dealkylation sites (tertiary alicyclic amines) is 1. The number of ether oxygens (including phenoxy) is 4. The summed E-state index contributed by atoms with van der Waals surface area (Å²) in [4.78, 5) is 19.2. The van der Waals surface area contributed by atoms with Gasteiger partial charge in [-0.1, -0.05) is 12.1 Å². The molecule has 0 amide bonds. The van der Waals surface area contributed by atoms with Gasteiger partial charge in [-0.15, -0.1) is 0 Å². The van der Waals surface area contributed by atoms with E-state index in [-0.39, 0.29) is 34.2 Å². The minimum absolute atomic E-state index is 0.0215. The van der Waals surface area contributed by atoms with E-state index in [1.165, 1.54) is 25.3 Å². The van der Waals surface area contributed by atoms with Crippen molar-refractivity contribution >= 4 is 17.0 Å². The maximum atomic E-state index is 15.1. The Hall–Kier alpha value is -4.53. The fraction of sp³-hybridized carbons (Fsp3) is 0.382. The molecule has 4 atom stereocenters. The lowest BCUT2D eigenvalue weighted by Gasteiger charge is -2.28. The highest BCUT2D eigenvalue weighted by Crippen LogP contribution is 2.62. The summed E-state index contributed by atoms with van der Waals surface area (Å²) in [5.74, 6) is -0.0515. The van der Waals surface area contributed by atoms with Crippen LogP contribution in [0.2, 0.25) is 0 Å². The van der Waals surface area contributed by atoms with Crippen molar-refractivity contribution in [2.75, 3.05) is 26.8 Å². The fourth-order valence-electron chi connectivity index (χ4n) is 7.30. The van der Waals surface area contributed by atoms with E-state index in [2.05, 4.69) is 11.0 Å². The van der Waals surface area contributed by atoms with Crippen LogP contribution in [0.15, 0.2) is 48.5 Å². The second kappa shape index (κ2) is 10.3. The number of rotatable bonds is 7. The number of nitrogens with zero attached hydrogens (tertiary/aromatic N) is 4. The minimum Gasteiger partial charge on any atom is -0.465 e. The lowest BCUT2D eigenvalue weighted by atomic mass is 10.0. The van der Waals surface area contributed by atoms with Crippen molar-refractivity contribution < 1.29 is 32.5 Å². The fourth-order valence-corrected chi connectivity index (χ4v) is 7.30. The zero-order valence-electron chi connectivity index (χ0n) is 24.8. The first-order chi connectivity index (χ1) is 21.8. The van der Waals surface area contributed by atoms with Crippen molar-refractivity contribution in [3.8, 4) is 17.6 Å². The highest BCUT2D eigenvalue weighted by atomic mass is 19.1. The Morgan fingerprint density at radius 1 is 1.13 bits per heavy atom. The van der Waals surface area contributed by atoms with E-state index in [1.807, 2.05) is 22.8 Å². The van der Waals surface area contributed by atoms with Crippen molar-refractivity contribution in [1.29, 1.82) is 5.26 Å². The molecule has 11 heteroatoms. The molecule has 0 spiro atoms. The van der Waals surface area contributed by atoms with Crippen LogP contribution in [0.25, 0.3) is 11.0 Å². The summed E-state index contributed by atoms with van der Waals surface area (Å²) in [6, 6.07) is 14.9. The van der Waals surface area contributed by atoms with Gasteiger partial charge in [0.15, 0.2) is 17.3 Å². The summed E-state index contributed by atoms with van der Waals surface area (Å²) in [5, 5.41) is 9.13. The third kappa shape index (κ3) is 4.54. The van der Waals surface area contributed by atoms with Crippen LogP contribution in [-0.2, 0) is 28.4 Å². The summed E-state index contributed by atoms with van der Waals surface area (Å²) < 4.78 is 55.1. The van der Waals surface area contributed by atoms with Crippen LogP contribution in [0.3, 0.4) is 0 Å². The minimum atomic E-state index is -1.35. The highest BCUT2D eigenvalue weighted by Gasteiger charge is 2.58. The molecule has 0 bridgehead atoms. The number of hydrogen-bond donors (Lipinski definition) is 0. The normalized spacial score (nSPS) is 26.4. The number of methoxy groups -OCH3 is 1. The van der Waals surface area contributed by atoms with Crippen LogP contribution in [0.5, 0.6) is 11.5 Å². The summed E-state index contributed by atoms with van der Waals surface area (Å²) in [6.45, 7) is 5.13. The number of hydrogen-bond acceptors (Lipinski definition) is 8. The number of halogens is 2. The molecule has 8 rings (SSSR count). The average Bonchev–Trinajstić information content (AvgIpc) is 3.29. The van der Waals surface area contributed by atoms with Crippen LogP contribution in [0, 0.1) is 34.8 Å². The van der Waals surface area contributed by atoms with E-state index in [9.17, 15) is 9.18 Å². The first kappa shape index (κ1) is 28.0. The summed E-state index contributed by atoms with van der Waals surface area (Å²) in [7, 11) is 1.28. The zero-order chi connectivity index (χ0) is 31.0. The summed E-state index contributed by atoms with van der Waals surface area (Å²) >= 11 is 0. The highest BCUT2D eigenvalue weighted by molar-refractivity contribution is 5.94. The smallest absolute Gasteiger partial charge is 0.338 e. The first-order valence-electron chi connectivity index (χ1n) is 15.1. The number of imidazole rings is 1. The summed E-state index contributed by atoms with van der Waals surface area (Å²) in [5.41, 5.74) is 2.45. The topological polar surface area (TPSA) is 98.8 Å². The Morgan fingerprint density at radius 3 is 2.62 bits per heavy atom. The lowest BCUT2D eigenvalue weighted by molar-refractivity contribution is -0.0710. The second-order valence-corrected chi connectivity index (χ2v) is 12.4. The monoisotopic (exact) mass is 612 g/mol. The number of nitriles is 1. The summed E-state index contributed by atoms with van der Waals surface area (Å²) in [6.07, 6.45) is 0.936. The van der Waals surface area contributed by atoms with Gasteiger partial charge in [-0.05, 0) is 60.6 Å². The second-order valence-electron chi connectivity index (χ2n) is 12.4. The van der Waals surface area contributed by atoms with Crippen molar-refractivity contribution in [3.05, 3.63) is 88.2 Å². The van der Waals surface area contributed by atoms with Crippen LogP contribution in [0.1, 0.15) is 52.1 Å². The van der Waals surface area contributed by atoms with Gasteiger partial charge in [0.2, 0.25) is 0 Å². The molecule has 1 saturated carbocycles. The molecular formula is C34H30F2N4O5. The molecule has 0 N–H and O–H groups in total. The third-order valence-corrected chi connectivity index (χ3v) is 9.68. The van der Waals surface area contributed by atoms with Gasteiger partial charge < -0.3 is 23.5 Å². The number of fused-ring (bicyclic) bond motifs is 3. The van der Waals surface area contributed by atoms with E-state index in [0.717, 1.165) is 30.9 Å². The van der Waals surface area contributed by atoms with Crippen LogP contribution >= 0.6 is 0 Å². The molecule has 1 aromatic heterocycles. The van der Waals surface area contributed by atoms with Crippen molar-refractivity contribution in [2.24, 2.45) is 11.8 Å². The largest absolute Gasteiger partial charge is 0.465 e. The van der Waals surface area contributed by atoms with Gasteiger partial charge >= 0.3 is 5.97 Å². The van der Waals surface area contributed by atoms with Crippen LogP contribution < -0.4 is 9.47 Å². The molecule has 3 fully saturated rings. The Morgan fingerprint density at radius 2 is 1.93 bits per heavy atom. The van der Waals surface area contributed by atoms with Gasteiger partial charge in [-0.3, -0.25) is 4.90 Å². The molecular weight excluding hydrogens is 582 g/mol. The molecule has 1 aliphatic carbocycles. The Bertz CT molecular complexity index is 1900. The third-order valence-electron chi connectivity index (χ3n) is 9.68. The Labute approximate surface area is 257 Å². The zero-order valence-corrected chi connectivity index (χ0v) is 24.8. The molecule has 230 valence electrons. The molecule has 4 aromatic rings. The predicted molar refractivity (Wildman–Crippen MR) is 157 cm³/mol. The van der Waals surface area contributed by atoms with Gasteiger partial charge in [0.05, 0.1) is 54.6 Å². The van der Waals surface area contributed by atoms with Gasteiger partial charge in [0.25, 0.3) is 5.79 Å².